The molecule has 0 bridgehead atoms. The van der Waals surface area contributed by atoms with Gasteiger partial charge in [-0.1, -0.05) is 29.5 Å². The van der Waals surface area contributed by atoms with Crippen LogP contribution >= 0.6 is 11.3 Å². The van der Waals surface area contributed by atoms with Gasteiger partial charge in [0.05, 0.1) is 17.3 Å². The van der Waals surface area contributed by atoms with Crippen LogP contribution in [0.3, 0.4) is 0 Å². The number of nitrogens with zero attached hydrogens (tertiary/aromatic N) is 2. The zero-order valence-corrected chi connectivity index (χ0v) is 20.6. The first-order valence-electron chi connectivity index (χ1n) is 10.5. The van der Waals surface area contributed by atoms with Gasteiger partial charge in [-0.3, -0.25) is 4.98 Å². The average Bonchev–Trinajstić information content (AvgIpc) is 3.30. The lowest BCUT2D eigenvalue weighted by atomic mass is 10.1. The molecular formula is C24H19F6N3O5S. The van der Waals surface area contributed by atoms with Crippen molar-refractivity contribution >= 4 is 38.6 Å². The Kier molecular flexibility index (Phi) is 10.6. The molecule has 0 spiro atoms. The number of carboxylic acids is 2. The van der Waals surface area contributed by atoms with Gasteiger partial charge in [-0.05, 0) is 53.1 Å². The van der Waals surface area contributed by atoms with E-state index < -0.39 is 24.3 Å². The van der Waals surface area contributed by atoms with Gasteiger partial charge in [-0.2, -0.15) is 26.3 Å². The second-order valence-electron chi connectivity index (χ2n) is 7.24. The molecule has 2 heterocycles. The number of carbonyl (C=O) groups is 2. The normalized spacial score (nSPS) is 10.9. The predicted molar refractivity (Wildman–Crippen MR) is 131 cm³/mol. The molecule has 2 aromatic carbocycles. The molecule has 208 valence electrons. The van der Waals surface area contributed by atoms with Crippen molar-refractivity contribution < 1.29 is 50.9 Å². The number of fused-ring (bicyclic) bond motifs is 1. The maximum atomic E-state index is 10.6. The Labute approximate surface area is 220 Å². The Morgan fingerprint density at radius 2 is 1.41 bits per heavy atom. The van der Waals surface area contributed by atoms with Gasteiger partial charge in [-0.15, -0.1) is 0 Å². The van der Waals surface area contributed by atoms with Crippen LogP contribution in [-0.4, -0.2) is 51.6 Å². The molecule has 0 aliphatic carbocycles. The summed E-state index contributed by atoms with van der Waals surface area (Å²) in [4.78, 5) is 26.5. The molecule has 0 aliphatic rings. The first kappa shape index (κ1) is 30.8. The minimum absolute atomic E-state index is 0.737. The number of alkyl halides is 6. The molecule has 15 heteroatoms. The van der Waals surface area contributed by atoms with Crippen LogP contribution in [0, 0.1) is 0 Å². The predicted octanol–water partition coefficient (Wildman–Crippen LogP) is 6.25. The first-order valence-corrected chi connectivity index (χ1v) is 11.3. The van der Waals surface area contributed by atoms with Gasteiger partial charge in [0.25, 0.3) is 0 Å². The molecule has 0 aliphatic heterocycles. The number of thiazole rings is 1. The SMILES string of the molecule is COc1ccc(CNc2nc3ccc(-c4ccncc4)cc3s2)cc1.O=C(O)C(F)(F)F.O=C(O)C(F)(F)F. The lowest BCUT2D eigenvalue weighted by Crippen LogP contribution is -2.21. The smallest absolute Gasteiger partial charge is 0.490 e. The Hall–Kier alpha value is -4.40. The van der Waals surface area contributed by atoms with Crippen LogP contribution in [0.4, 0.5) is 31.5 Å². The fraction of sp³-hybridized carbons (Fsp3) is 0.167. The summed E-state index contributed by atoms with van der Waals surface area (Å²) in [7, 11) is 1.68. The number of aliphatic carboxylic acids is 2. The summed E-state index contributed by atoms with van der Waals surface area (Å²) in [6.07, 6.45) is -6.54. The van der Waals surface area contributed by atoms with Crippen molar-refractivity contribution in [2.24, 2.45) is 0 Å². The van der Waals surface area contributed by atoms with Crippen LogP contribution in [0.5, 0.6) is 5.75 Å². The third-order valence-electron chi connectivity index (χ3n) is 4.49. The van der Waals surface area contributed by atoms with E-state index in [4.69, 9.17) is 24.5 Å². The highest BCUT2D eigenvalue weighted by Gasteiger charge is 2.38. The molecule has 4 aromatic rings. The number of hydrogen-bond donors (Lipinski definition) is 3. The number of ether oxygens (including phenoxy) is 1. The molecule has 0 radical (unpaired) electrons. The quantitative estimate of drug-likeness (QED) is 0.239. The zero-order chi connectivity index (χ0) is 29.2. The molecule has 8 nitrogen and oxygen atoms in total. The van der Waals surface area contributed by atoms with E-state index in [-0.39, 0.29) is 0 Å². The number of carboxylic acid groups (broad SMARTS) is 2. The number of anilines is 1. The summed E-state index contributed by atoms with van der Waals surface area (Å²) in [6, 6.07) is 18.4. The maximum Gasteiger partial charge on any atom is 0.490 e. The Bertz CT molecular complexity index is 1350. The van der Waals surface area contributed by atoms with E-state index in [9.17, 15) is 26.3 Å². The minimum Gasteiger partial charge on any atom is -0.497 e. The van der Waals surface area contributed by atoms with Crippen molar-refractivity contribution in [2.45, 2.75) is 18.9 Å². The molecule has 39 heavy (non-hydrogen) atoms. The summed E-state index contributed by atoms with van der Waals surface area (Å²) in [6.45, 7) is 0.737. The molecule has 0 amide bonds. The van der Waals surface area contributed by atoms with Crippen molar-refractivity contribution in [1.82, 2.24) is 9.97 Å². The molecule has 0 fully saturated rings. The molecule has 0 unspecified atom stereocenters. The number of benzene rings is 2. The van der Waals surface area contributed by atoms with Gasteiger partial charge in [-0.25, -0.2) is 14.6 Å². The van der Waals surface area contributed by atoms with Gasteiger partial charge in [0, 0.05) is 18.9 Å². The Morgan fingerprint density at radius 1 is 0.872 bits per heavy atom. The van der Waals surface area contributed by atoms with E-state index in [0.717, 1.165) is 28.5 Å². The Morgan fingerprint density at radius 3 is 1.90 bits per heavy atom. The monoisotopic (exact) mass is 575 g/mol. The third kappa shape index (κ3) is 10.1. The number of aromatic nitrogens is 2. The Balaban J connectivity index is 0.000000317. The highest BCUT2D eigenvalue weighted by molar-refractivity contribution is 7.22. The van der Waals surface area contributed by atoms with Crippen molar-refractivity contribution in [3.05, 3.63) is 72.6 Å². The summed E-state index contributed by atoms with van der Waals surface area (Å²) < 4.78 is 69.8. The molecule has 0 saturated carbocycles. The van der Waals surface area contributed by atoms with E-state index in [0.29, 0.717) is 0 Å². The van der Waals surface area contributed by atoms with Gasteiger partial charge in [0.1, 0.15) is 5.75 Å². The van der Waals surface area contributed by atoms with Crippen LogP contribution < -0.4 is 10.1 Å². The largest absolute Gasteiger partial charge is 0.497 e. The number of hydrogen-bond acceptors (Lipinski definition) is 7. The first-order chi connectivity index (χ1) is 18.2. The van der Waals surface area contributed by atoms with Gasteiger partial charge in [0.2, 0.25) is 0 Å². The summed E-state index contributed by atoms with van der Waals surface area (Å²) in [5.41, 5.74) is 4.55. The summed E-state index contributed by atoms with van der Waals surface area (Å²) >= 11 is 1.67. The van der Waals surface area contributed by atoms with Crippen molar-refractivity contribution in [2.75, 3.05) is 12.4 Å². The molecule has 2 aromatic heterocycles. The lowest BCUT2D eigenvalue weighted by Gasteiger charge is -2.04. The number of methoxy groups -OCH3 is 1. The zero-order valence-electron chi connectivity index (χ0n) is 19.7. The second-order valence-corrected chi connectivity index (χ2v) is 8.28. The number of pyridine rings is 1. The number of halogens is 6. The standard InChI is InChI=1S/C20H17N3OS.2C2HF3O2/c1-24-17-5-2-14(3-6-17)13-22-20-23-18-7-4-16(12-19(18)25-20)15-8-10-21-11-9-15;2*3-2(4,5)1(6)7/h2-12H,13H2,1H3,(H,22,23);2*(H,6,7). The minimum atomic E-state index is -5.08. The van der Waals surface area contributed by atoms with Crippen LogP contribution in [0.25, 0.3) is 21.3 Å². The topological polar surface area (TPSA) is 122 Å². The molecule has 0 saturated heterocycles. The fourth-order valence-electron chi connectivity index (χ4n) is 2.65. The van der Waals surface area contributed by atoms with E-state index in [1.807, 2.05) is 36.7 Å². The van der Waals surface area contributed by atoms with Gasteiger partial charge >= 0.3 is 24.3 Å². The second kappa shape index (κ2) is 13.4. The van der Waals surface area contributed by atoms with E-state index in [1.165, 1.54) is 15.8 Å². The molecular weight excluding hydrogens is 556 g/mol. The highest BCUT2D eigenvalue weighted by atomic mass is 32.1. The van der Waals surface area contributed by atoms with Gasteiger partial charge in [0.15, 0.2) is 5.13 Å². The average molecular weight is 575 g/mol. The van der Waals surface area contributed by atoms with Crippen molar-refractivity contribution in [3.63, 3.8) is 0 Å². The fourth-order valence-corrected chi connectivity index (χ4v) is 3.55. The number of rotatable bonds is 5. The number of nitrogens with one attached hydrogen (secondary N) is 1. The van der Waals surface area contributed by atoms with E-state index >= 15 is 0 Å². The summed E-state index contributed by atoms with van der Waals surface area (Å²) in [5, 5.41) is 18.6. The molecule has 3 N–H and O–H groups in total. The third-order valence-corrected chi connectivity index (χ3v) is 5.47. The molecule has 4 rings (SSSR count). The van der Waals surface area contributed by atoms with Crippen LogP contribution in [0.1, 0.15) is 5.56 Å². The highest BCUT2D eigenvalue weighted by Crippen LogP contribution is 2.30. The van der Waals surface area contributed by atoms with Crippen LogP contribution in [0.2, 0.25) is 0 Å². The van der Waals surface area contributed by atoms with E-state index in [1.54, 1.807) is 18.4 Å². The van der Waals surface area contributed by atoms with Crippen molar-refractivity contribution in [1.29, 1.82) is 0 Å². The summed E-state index contributed by atoms with van der Waals surface area (Å²) in [5.74, 6) is -4.65. The maximum absolute atomic E-state index is 10.6. The van der Waals surface area contributed by atoms with Gasteiger partial charge < -0.3 is 20.3 Å². The van der Waals surface area contributed by atoms with Crippen LogP contribution in [-0.2, 0) is 16.1 Å². The van der Waals surface area contributed by atoms with E-state index in [2.05, 4.69) is 45.6 Å². The van der Waals surface area contributed by atoms with Crippen LogP contribution in [0.15, 0.2) is 67.0 Å². The lowest BCUT2D eigenvalue weighted by molar-refractivity contribution is -0.193. The van der Waals surface area contributed by atoms with Crippen molar-refractivity contribution in [3.8, 4) is 16.9 Å². The molecule has 0 atom stereocenters.